The number of rotatable bonds is 1. The Morgan fingerprint density at radius 2 is 2.00 bits per heavy atom. The summed E-state index contributed by atoms with van der Waals surface area (Å²) in [5.74, 6) is -0.474. The number of nitriles is 1. The van der Waals surface area contributed by atoms with Crippen LogP contribution in [0, 0.1) is 24.1 Å². The van der Waals surface area contributed by atoms with Gasteiger partial charge in [-0.15, -0.1) is 0 Å². The topological polar surface area (TPSA) is 41.6 Å². The normalized spacial score (nSPS) is 9.33. The summed E-state index contributed by atoms with van der Waals surface area (Å²) in [5.41, 5.74) is 1.52. The molecule has 1 aromatic carbocycles. The van der Waals surface area contributed by atoms with Crippen LogP contribution in [-0.4, -0.2) is 9.78 Å². The van der Waals surface area contributed by atoms with Gasteiger partial charge in [0.2, 0.25) is 0 Å². The summed E-state index contributed by atoms with van der Waals surface area (Å²) < 4.78 is 14.6. The third-order valence-corrected chi connectivity index (χ3v) is 2.49. The molecule has 18 heavy (non-hydrogen) atoms. The van der Waals surface area contributed by atoms with Crippen LogP contribution in [0.4, 0.5) is 4.39 Å². The van der Waals surface area contributed by atoms with Crippen LogP contribution in [0.5, 0.6) is 0 Å². The minimum atomic E-state index is -0.474. The first kappa shape index (κ1) is 14.2. The summed E-state index contributed by atoms with van der Waals surface area (Å²) in [6, 6.07) is 5.90. The molecule has 0 fully saturated rings. The van der Waals surface area contributed by atoms with Crippen molar-refractivity contribution < 1.29 is 4.39 Å². The largest absolute Gasteiger partial charge is 0.239 e. The molecule has 0 saturated heterocycles. The number of nitrogens with zero attached hydrogens (tertiary/aromatic N) is 3. The Kier molecular flexibility index (Phi) is 4.87. The summed E-state index contributed by atoms with van der Waals surface area (Å²) >= 11 is 5.80. The molecule has 1 aromatic heterocycles. The number of hydrogen-bond donors (Lipinski definition) is 0. The van der Waals surface area contributed by atoms with Crippen LogP contribution in [0.3, 0.4) is 0 Å². The molecule has 0 bridgehead atoms. The van der Waals surface area contributed by atoms with E-state index in [0.29, 0.717) is 10.8 Å². The van der Waals surface area contributed by atoms with Gasteiger partial charge in [0.25, 0.3) is 0 Å². The van der Waals surface area contributed by atoms with Gasteiger partial charge in [-0.25, -0.2) is 9.07 Å². The zero-order valence-corrected chi connectivity index (χ0v) is 11.2. The first-order chi connectivity index (χ1) is 8.60. The van der Waals surface area contributed by atoms with Gasteiger partial charge < -0.3 is 0 Å². The van der Waals surface area contributed by atoms with Gasteiger partial charge in [0.1, 0.15) is 5.82 Å². The lowest BCUT2D eigenvalue weighted by molar-refractivity contribution is 0.625. The van der Waals surface area contributed by atoms with Gasteiger partial charge in [-0.2, -0.15) is 10.4 Å². The lowest BCUT2D eigenvalue weighted by atomic mass is 10.2. The number of hydrogen-bond acceptors (Lipinski definition) is 2. The zero-order valence-electron chi connectivity index (χ0n) is 10.4. The lowest BCUT2D eigenvalue weighted by Gasteiger charge is -2.01. The third-order valence-electron chi connectivity index (χ3n) is 2.11. The quantitative estimate of drug-likeness (QED) is 0.785. The van der Waals surface area contributed by atoms with Gasteiger partial charge in [-0.1, -0.05) is 25.4 Å². The van der Waals surface area contributed by atoms with Crippen LogP contribution in [0.1, 0.15) is 25.0 Å². The molecule has 0 amide bonds. The van der Waals surface area contributed by atoms with E-state index in [9.17, 15) is 4.39 Å². The van der Waals surface area contributed by atoms with Gasteiger partial charge in [-0.3, -0.25) is 0 Å². The standard InChI is InChI=1S/C11H7ClFN3.C2H6/c1-7-6-16(15-11(7)12)10-3-8(5-14)2-9(13)4-10;1-2/h2-4,6H,1H3;1-2H3. The summed E-state index contributed by atoms with van der Waals surface area (Å²) in [6.07, 6.45) is 1.68. The SMILES string of the molecule is CC.Cc1cn(-c2cc(F)cc(C#N)c2)nc1Cl. The molecular weight excluding hydrogens is 253 g/mol. The second-order valence-corrected chi connectivity index (χ2v) is 3.72. The summed E-state index contributed by atoms with van der Waals surface area (Å²) in [6.45, 7) is 5.80. The maximum Gasteiger partial charge on any atom is 0.154 e. The Hall–Kier alpha value is -1.86. The Morgan fingerprint density at radius 3 is 2.50 bits per heavy atom. The van der Waals surface area contributed by atoms with Crippen molar-refractivity contribution in [2.45, 2.75) is 20.8 Å². The number of aromatic nitrogens is 2. The molecule has 2 rings (SSSR count). The fraction of sp³-hybridized carbons (Fsp3) is 0.231. The molecule has 0 aliphatic carbocycles. The van der Waals surface area contributed by atoms with Gasteiger partial charge in [-0.05, 0) is 25.1 Å². The highest BCUT2D eigenvalue weighted by Gasteiger charge is 2.06. The van der Waals surface area contributed by atoms with Crippen molar-refractivity contribution in [1.29, 1.82) is 5.26 Å². The van der Waals surface area contributed by atoms with Gasteiger partial charge in [0.05, 0.1) is 17.3 Å². The lowest BCUT2D eigenvalue weighted by Crippen LogP contribution is -1.96. The summed E-state index contributed by atoms with van der Waals surface area (Å²) in [4.78, 5) is 0. The number of halogens is 2. The van der Waals surface area contributed by atoms with Crippen molar-refractivity contribution >= 4 is 11.6 Å². The Morgan fingerprint density at radius 1 is 1.33 bits per heavy atom. The van der Waals surface area contributed by atoms with Crippen molar-refractivity contribution in [3.8, 4) is 11.8 Å². The van der Waals surface area contributed by atoms with Gasteiger partial charge in [0, 0.05) is 11.8 Å². The first-order valence-electron chi connectivity index (χ1n) is 5.53. The molecular formula is C13H13ClFN3. The fourth-order valence-electron chi connectivity index (χ4n) is 1.34. The molecule has 0 spiro atoms. The van der Waals surface area contributed by atoms with E-state index in [1.165, 1.54) is 16.8 Å². The van der Waals surface area contributed by atoms with E-state index in [1.807, 2.05) is 19.9 Å². The molecule has 2 aromatic rings. The van der Waals surface area contributed by atoms with Crippen molar-refractivity contribution in [2.24, 2.45) is 0 Å². The van der Waals surface area contributed by atoms with E-state index in [2.05, 4.69) is 5.10 Å². The smallest absolute Gasteiger partial charge is 0.154 e. The minimum absolute atomic E-state index is 0.249. The second-order valence-electron chi connectivity index (χ2n) is 3.36. The second kappa shape index (κ2) is 6.18. The monoisotopic (exact) mass is 265 g/mol. The summed E-state index contributed by atoms with van der Waals surface area (Å²) in [7, 11) is 0. The average molecular weight is 266 g/mol. The van der Waals surface area contributed by atoms with Crippen LogP contribution in [-0.2, 0) is 0 Å². The van der Waals surface area contributed by atoms with E-state index in [-0.39, 0.29) is 5.56 Å². The van der Waals surface area contributed by atoms with Gasteiger partial charge >= 0.3 is 0 Å². The predicted octanol–water partition coefficient (Wildman–Crippen LogP) is 3.87. The van der Waals surface area contributed by atoms with Crippen LogP contribution in [0.15, 0.2) is 24.4 Å². The van der Waals surface area contributed by atoms with E-state index < -0.39 is 5.82 Å². The van der Waals surface area contributed by atoms with E-state index in [4.69, 9.17) is 16.9 Å². The number of benzene rings is 1. The fourth-order valence-corrected chi connectivity index (χ4v) is 1.47. The molecule has 1 heterocycles. The molecule has 3 nitrogen and oxygen atoms in total. The highest BCUT2D eigenvalue weighted by Crippen LogP contribution is 2.17. The average Bonchev–Trinajstić information content (AvgIpc) is 2.71. The summed E-state index contributed by atoms with van der Waals surface area (Å²) in [5, 5.41) is 13.1. The zero-order chi connectivity index (χ0) is 13.7. The minimum Gasteiger partial charge on any atom is -0.239 e. The van der Waals surface area contributed by atoms with Crippen LogP contribution < -0.4 is 0 Å². The molecule has 0 aliphatic heterocycles. The molecule has 0 aliphatic rings. The Bertz CT molecular complexity index is 565. The van der Waals surface area contributed by atoms with Crippen LogP contribution in [0.25, 0.3) is 5.69 Å². The van der Waals surface area contributed by atoms with Crippen LogP contribution in [0.2, 0.25) is 5.15 Å². The van der Waals surface area contributed by atoms with Crippen LogP contribution >= 0.6 is 11.6 Å². The molecule has 0 saturated carbocycles. The van der Waals surface area contributed by atoms with E-state index >= 15 is 0 Å². The van der Waals surface area contributed by atoms with Crippen molar-refractivity contribution in [3.05, 3.63) is 46.5 Å². The maximum absolute atomic E-state index is 13.2. The molecule has 0 atom stereocenters. The Balaban J connectivity index is 0.000000771. The van der Waals surface area contributed by atoms with E-state index in [0.717, 1.165) is 5.56 Å². The van der Waals surface area contributed by atoms with Crippen molar-refractivity contribution in [2.75, 3.05) is 0 Å². The molecule has 5 heteroatoms. The maximum atomic E-state index is 13.2. The predicted molar refractivity (Wildman–Crippen MR) is 69.3 cm³/mol. The van der Waals surface area contributed by atoms with Crippen molar-refractivity contribution in [1.82, 2.24) is 9.78 Å². The third kappa shape index (κ3) is 3.08. The Labute approximate surface area is 110 Å². The van der Waals surface area contributed by atoms with Gasteiger partial charge in [0.15, 0.2) is 5.15 Å². The highest BCUT2D eigenvalue weighted by molar-refractivity contribution is 6.30. The van der Waals surface area contributed by atoms with E-state index in [1.54, 1.807) is 19.2 Å². The number of aryl methyl sites for hydroxylation is 1. The van der Waals surface area contributed by atoms with Crippen molar-refractivity contribution in [3.63, 3.8) is 0 Å². The molecule has 94 valence electrons. The molecule has 0 unspecified atom stereocenters. The molecule has 0 radical (unpaired) electrons. The molecule has 0 N–H and O–H groups in total. The highest BCUT2D eigenvalue weighted by atomic mass is 35.5. The first-order valence-corrected chi connectivity index (χ1v) is 5.91.